The number of aryl methyl sites for hydroxylation is 1. The molecule has 136 valence electrons. The maximum atomic E-state index is 12.3. The Morgan fingerprint density at radius 3 is 3.04 bits per heavy atom. The van der Waals surface area contributed by atoms with Gasteiger partial charge in [0.25, 0.3) is 5.91 Å². The number of dihydropyridines is 1. The first kappa shape index (κ1) is 16.9. The van der Waals surface area contributed by atoms with Crippen LogP contribution < -0.4 is 5.32 Å². The average Bonchev–Trinajstić information content (AvgIpc) is 3.26. The van der Waals surface area contributed by atoms with Crippen LogP contribution in [0.4, 0.5) is 0 Å². The van der Waals surface area contributed by atoms with Gasteiger partial charge in [-0.2, -0.15) is 4.98 Å². The lowest BCUT2D eigenvalue weighted by molar-refractivity contribution is -0.121. The Labute approximate surface area is 154 Å². The molecule has 0 saturated carbocycles. The van der Waals surface area contributed by atoms with E-state index in [0.29, 0.717) is 0 Å². The summed E-state index contributed by atoms with van der Waals surface area (Å²) in [6.45, 7) is 0.102. The van der Waals surface area contributed by atoms with Crippen LogP contribution in [0.5, 0.6) is 0 Å². The number of fused-ring (bicyclic) bond motifs is 1. The van der Waals surface area contributed by atoms with Gasteiger partial charge in [-0.3, -0.25) is 9.59 Å². The van der Waals surface area contributed by atoms with Crippen LogP contribution in [0, 0.1) is 0 Å². The highest BCUT2D eigenvalue weighted by Crippen LogP contribution is 2.21. The van der Waals surface area contributed by atoms with Gasteiger partial charge in [0.05, 0.1) is 13.0 Å². The fourth-order valence-electron chi connectivity index (χ4n) is 3.08. The highest BCUT2D eigenvalue weighted by atomic mass is 16.5. The zero-order valence-electron chi connectivity index (χ0n) is 14.6. The molecule has 2 aromatic heterocycles. The molecule has 0 spiro atoms. The van der Waals surface area contributed by atoms with Crippen molar-refractivity contribution in [3.05, 3.63) is 59.9 Å². The number of aliphatic imine (C=N–C) groups is 1. The third-order valence-electron chi connectivity index (χ3n) is 4.39. The normalized spacial score (nSPS) is 16.2. The van der Waals surface area contributed by atoms with E-state index in [0.717, 1.165) is 16.5 Å². The number of carbonyl (C=O) groups is 2. The number of rotatable bonds is 5. The minimum atomic E-state index is -0.640. The molecule has 27 heavy (non-hydrogen) atoms. The number of aromatic nitrogens is 3. The van der Waals surface area contributed by atoms with Crippen molar-refractivity contribution in [1.82, 2.24) is 20.0 Å². The first-order chi connectivity index (χ1) is 13.1. The van der Waals surface area contributed by atoms with E-state index in [2.05, 4.69) is 20.4 Å². The lowest BCUT2D eigenvalue weighted by atomic mass is 10.1. The number of nitrogens with one attached hydrogen (secondary N) is 1. The molecule has 1 aliphatic rings. The van der Waals surface area contributed by atoms with Crippen LogP contribution in [0.15, 0.2) is 52.1 Å². The smallest absolute Gasteiger partial charge is 0.260 e. The van der Waals surface area contributed by atoms with Crippen molar-refractivity contribution in [2.75, 3.05) is 0 Å². The van der Waals surface area contributed by atoms with Gasteiger partial charge in [-0.25, -0.2) is 4.99 Å². The fourth-order valence-corrected chi connectivity index (χ4v) is 3.08. The monoisotopic (exact) mass is 363 g/mol. The van der Waals surface area contributed by atoms with E-state index < -0.39 is 5.92 Å². The standard InChI is InChI=1S/C19H17N5O3/c1-24-11-12(13-5-2-3-7-15(13)24)9-16(25)21-10-17-22-18(23-27-17)14-6-4-8-20-19(14)26/h2-8,11,14H,9-10H2,1H3,(H,21,25). The predicted molar refractivity (Wildman–Crippen MR) is 98.1 cm³/mol. The number of nitrogens with zero attached hydrogens (tertiary/aromatic N) is 4. The molecule has 0 bridgehead atoms. The minimum Gasteiger partial charge on any atom is -0.350 e. The molecule has 1 N–H and O–H groups in total. The predicted octanol–water partition coefficient (Wildman–Crippen LogP) is 1.67. The lowest BCUT2D eigenvalue weighted by Crippen LogP contribution is -2.24. The summed E-state index contributed by atoms with van der Waals surface area (Å²) in [4.78, 5) is 31.9. The number of amides is 2. The van der Waals surface area contributed by atoms with Crippen molar-refractivity contribution in [3.8, 4) is 0 Å². The highest BCUT2D eigenvalue weighted by Gasteiger charge is 2.24. The molecule has 3 aromatic rings. The maximum Gasteiger partial charge on any atom is 0.260 e. The van der Waals surface area contributed by atoms with Crippen molar-refractivity contribution >= 4 is 28.9 Å². The zero-order chi connectivity index (χ0) is 18.8. The van der Waals surface area contributed by atoms with E-state index in [1.165, 1.54) is 6.21 Å². The van der Waals surface area contributed by atoms with Crippen LogP contribution in [0.2, 0.25) is 0 Å². The van der Waals surface area contributed by atoms with Gasteiger partial charge in [-0.1, -0.05) is 29.4 Å². The summed E-state index contributed by atoms with van der Waals surface area (Å²) in [6.07, 6.45) is 6.95. The summed E-state index contributed by atoms with van der Waals surface area (Å²) in [5.74, 6) is -0.647. The molecule has 4 rings (SSSR count). The molecule has 3 heterocycles. The van der Waals surface area contributed by atoms with Crippen LogP contribution in [-0.4, -0.2) is 32.7 Å². The van der Waals surface area contributed by atoms with E-state index in [-0.39, 0.29) is 36.5 Å². The van der Waals surface area contributed by atoms with E-state index in [4.69, 9.17) is 4.52 Å². The Hall–Kier alpha value is -3.55. The van der Waals surface area contributed by atoms with Gasteiger partial charge in [0.15, 0.2) is 5.82 Å². The van der Waals surface area contributed by atoms with Crippen molar-refractivity contribution in [2.45, 2.75) is 18.9 Å². The maximum absolute atomic E-state index is 12.3. The number of hydrogen-bond donors (Lipinski definition) is 1. The molecular weight excluding hydrogens is 346 g/mol. The van der Waals surface area contributed by atoms with Gasteiger partial charge in [-0.15, -0.1) is 0 Å². The Balaban J connectivity index is 1.39. The summed E-state index contributed by atoms with van der Waals surface area (Å²) in [7, 11) is 1.95. The number of para-hydroxylation sites is 1. The molecule has 0 radical (unpaired) electrons. The van der Waals surface area contributed by atoms with Crippen molar-refractivity contribution in [2.24, 2.45) is 12.0 Å². The molecule has 2 amide bonds. The quantitative estimate of drug-likeness (QED) is 0.743. The SMILES string of the molecule is Cn1cc(CC(=O)NCc2nc(C3C=CC=NC3=O)no2)c2ccccc21. The van der Waals surface area contributed by atoms with E-state index in [1.807, 2.05) is 42.1 Å². The topological polar surface area (TPSA) is 102 Å². The second-order valence-corrected chi connectivity index (χ2v) is 6.26. The highest BCUT2D eigenvalue weighted by molar-refractivity contribution is 5.96. The van der Waals surface area contributed by atoms with Gasteiger partial charge < -0.3 is 14.4 Å². The van der Waals surface area contributed by atoms with Gasteiger partial charge in [-0.05, 0) is 17.7 Å². The van der Waals surface area contributed by atoms with Gasteiger partial charge >= 0.3 is 0 Å². The number of hydrogen-bond acceptors (Lipinski definition) is 5. The average molecular weight is 363 g/mol. The van der Waals surface area contributed by atoms with Gasteiger partial charge in [0.1, 0.15) is 5.92 Å². The second-order valence-electron chi connectivity index (χ2n) is 6.26. The third-order valence-corrected chi connectivity index (χ3v) is 4.39. The van der Waals surface area contributed by atoms with E-state index in [1.54, 1.807) is 12.2 Å². The zero-order valence-corrected chi connectivity index (χ0v) is 14.6. The molecule has 1 atom stereocenters. The van der Waals surface area contributed by atoms with Gasteiger partial charge in [0.2, 0.25) is 11.8 Å². The first-order valence-corrected chi connectivity index (χ1v) is 8.48. The molecule has 0 fully saturated rings. The molecule has 8 heteroatoms. The fraction of sp³-hybridized carbons (Fsp3) is 0.211. The number of benzene rings is 1. The van der Waals surface area contributed by atoms with Gasteiger partial charge in [0, 0.05) is 30.4 Å². The summed E-state index contributed by atoms with van der Waals surface area (Å²) in [6, 6.07) is 7.94. The summed E-state index contributed by atoms with van der Waals surface area (Å²) in [5.41, 5.74) is 2.03. The first-order valence-electron chi connectivity index (χ1n) is 8.48. The summed E-state index contributed by atoms with van der Waals surface area (Å²) >= 11 is 0. The summed E-state index contributed by atoms with van der Waals surface area (Å²) in [5, 5.41) is 7.64. The van der Waals surface area contributed by atoms with Crippen LogP contribution >= 0.6 is 0 Å². The molecule has 0 saturated heterocycles. The third kappa shape index (κ3) is 3.41. The molecule has 1 aliphatic heterocycles. The Morgan fingerprint density at radius 1 is 1.33 bits per heavy atom. The Bertz CT molecular complexity index is 1080. The van der Waals surface area contributed by atoms with Crippen LogP contribution in [-0.2, 0) is 29.6 Å². The van der Waals surface area contributed by atoms with Crippen molar-refractivity contribution in [3.63, 3.8) is 0 Å². The molecule has 0 aliphatic carbocycles. The molecule has 1 unspecified atom stereocenters. The van der Waals surface area contributed by atoms with E-state index >= 15 is 0 Å². The number of carbonyl (C=O) groups excluding carboxylic acids is 2. The minimum absolute atomic E-state index is 0.102. The largest absolute Gasteiger partial charge is 0.350 e. The van der Waals surface area contributed by atoms with Crippen LogP contribution in [0.1, 0.15) is 23.2 Å². The summed E-state index contributed by atoms with van der Waals surface area (Å²) < 4.78 is 7.12. The Kier molecular flexibility index (Phi) is 4.37. The number of allylic oxidation sites excluding steroid dienone is 1. The van der Waals surface area contributed by atoms with E-state index in [9.17, 15) is 9.59 Å². The second kappa shape index (κ2) is 6.99. The molecular formula is C19H17N5O3. The Morgan fingerprint density at radius 2 is 2.19 bits per heavy atom. The van der Waals surface area contributed by atoms with Crippen LogP contribution in [0.25, 0.3) is 10.9 Å². The van der Waals surface area contributed by atoms with Crippen molar-refractivity contribution < 1.29 is 14.1 Å². The lowest BCUT2D eigenvalue weighted by Gasteiger charge is -2.04. The molecule has 8 nitrogen and oxygen atoms in total. The van der Waals surface area contributed by atoms with Crippen molar-refractivity contribution in [1.29, 1.82) is 0 Å². The van der Waals surface area contributed by atoms with Crippen LogP contribution in [0.3, 0.4) is 0 Å². The molecule has 1 aromatic carbocycles.